The highest BCUT2D eigenvalue weighted by atomic mass is 32.2. The van der Waals surface area contributed by atoms with Crippen LogP contribution in [0.4, 0.5) is 14.5 Å². The lowest BCUT2D eigenvalue weighted by atomic mass is 10.2. The van der Waals surface area contributed by atoms with Crippen molar-refractivity contribution in [3.05, 3.63) is 74.0 Å². The van der Waals surface area contributed by atoms with E-state index in [0.717, 1.165) is 35.1 Å². The van der Waals surface area contributed by atoms with Crippen LogP contribution >= 0.6 is 35.3 Å². The third-order valence-electron chi connectivity index (χ3n) is 4.60. The maximum absolute atomic E-state index is 13.8. The van der Waals surface area contributed by atoms with Crippen molar-refractivity contribution < 1.29 is 13.6 Å². The van der Waals surface area contributed by atoms with E-state index < -0.39 is 17.5 Å². The zero-order chi connectivity index (χ0) is 23.0. The van der Waals surface area contributed by atoms with Gasteiger partial charge in [-0.15, -0.1) is 0 Å². The van der Waals surface area contributed by atoms with Gasteiger partial charge in [-0.25, -0.2) is 13.8 Å². The summed E-state index contributed by atoms with van der Waals surface area (Å²) in [7, 11) is 1.56. The van der Waals surface area contributed by atoms with E-state index in [2.05, 4.69) is 10.3 Å². The van der Waals surface area contributed by atoms with Crippen molar-refractivity contribution in [2.45, 2.75) is 12.1 Å². The first kappa shape index (κ1) is 22.3. The van der Waals surface area contributed by atoms with Crippen LogP contribution in [-0.4, -0.2) is 25.8 Å². The van der Waals surface area contributed by atoms with E-state index in [1.165, 1.54) is 15.9 Å². The molecule has 0 saturated carbocycles. The van der Waals surface area contributed by atoms with Gasteiger partial charge in [0.05, 0.1) is 11.4 Å². The molecule has 2 heterocycles. The van der Waals surface area contributed by atoms with Crippen LogP contribution in [0.15, 0.2) is 52.4 Å². The minimum absolute atomic E-state index is 0.125. The molecule has 0 unspecified atom stereocenters. The van der Waals surface area contributed by atoms with E-state index in [-0.39, 0.29) is 17.0 Å². The first-order chi connectivity index (χ1) is 15.2. The maximum Gasteiger partial charge on any atom is 0.273 e. The van der Waals surface area contributed by atoms with Crippen molar-refractivity contribution in [3.63, 3.8) is 0 Å². The average Bonchev–Trinajstić information content (AvgIpc) is 3.08. The number of anilines is 1. The summed E-state index contributed by atoms with van der Waals surface area (Å²) in [4.78, 5) is 29.8. The van der Waals surface area contributed by atoms with Gasteiger partial charge in [-0.3, -0.25) is 18.7 Å². The van der Waals surface area contributed by atoms with Crippen LogP contribution in [0, 0.1) is 22.5 Å². The first-order valence-electron chi connectivity index (χ1n) is 9.32. The Kier molecular flexibility index (Phi) is 6.22. The Morgan fingerprint density at radius 3 is 2.62 bits per heavy atom. The number of rotatable bonds is 5. The molecule has 2 aromatic carbocycles. The van der Waals surface area contributed by atoms with Gasteiger partial charge >= 0.3 is 0 Å². The number of hydrogen-bond acceptors (Lipinski definition) is 6. The molecule has 0 fully saturated rings. The zero-order valence-corrected chi connectivity index (χ0v) is 19.3. The molecule has 0 aliphatic rings. The number of fused-ring (bicyclic) bond motifs is 1. The number of amides is 1. The molecule has 6 nitrogen and oxygen atoms in total. The Morgan fingerprint density at radius 2 is 1.94 bits per heavy atom. The Labute approximate surface area is 194 Å². The Morgan fingerprint density at radius 1 is 1.22 bits per heavy atom. The minimum Gasteiger partial charge on any atom is -0.323 e. The number of benzene rings is 2. The molecule has 0 saturated heterocycles. The summed E-state index contributed by atoms with van der Waals surface area (Å²) in [6.45, 7) is 1.97. The van der Waals surface area contributed by atoms with Gasteiger partial charge < -0.3 is 5.32 Å². The van der Waals surface area contributed by atoms with Gasteiger partial charge in [-0.1, -0.05) is 40.8 Å². The molecule has 11 heteroatoms. The molecule has 32 heavy (non-hydrogen) atoms. The number of thioether (sulfide) groups is 1. The van der Waals surface area contributed by atoms with E-state index in [0.29, 0.717) is 25.5 Å². The van der Waals surface area contributed by atoms with Crippen molar-refractivity contribution in [3.8, 4) is 5.69 Å². The molecule has 2 aromatic heterocycles. The van der Waals surface area contributed by atoms with Gasteiger partial charge in [0.2, 0.25) is 5.91 Å². The zero-order valence-electron chi connectivity index (χ0n) is 16.9. The molecule has 0 bridgehead atoms. The quantitative estimate of drug-likeness (QED) is 0.247. The maximum atomic E-state index is 13.8. The molecule has 164 valence electrons. The standard InChI is InChI=1S/C21H16F2N4O2S3/c1-11-3-6-13(7-4-11)27-18-17(32-21(27)30)19(29)26(2)20(25-18)31-10-16(28)24-15-8-5-12(22)9-14(15)23/h3-9H,10H2,1-2H3,(H,24,28). The highest BCUT2D eigenvalue weighted by Gasteiger charge is 2.17. The summed E-state index contributed by atoms with van der Waals surface area (Å²) in [6, 6.07) is 10.6. The van der Waals surface area contributed by atoms with Crippen molar-refractivity contribution in [1.82, 2.24) is 14.1 Å². The predicted molar refractivity (Wildman–Crippen MR) is 125 cm³/mol. The first-order valence-corrected chi connectivity index (χ1v) is 11.5. The number of carbonyl (C=O) groups is 1. The molecule has 0 radical (unpaired) electrons. The van der Waals surface area contributed by atoms with Gasteiger partial charge in [0.15, 0.2) is 14.8 Å². The molecule has 1 N–H and O–H groups in total. The molecule has 4 rings (SSSR count). The van der Waals surface area contributed by atoms with E-state index in [1.54, 1.807) is 11.6 Å². The SMILES string of the molecule is Cc1ccc(-n2c(=S)sc3c(=O)n(C)c(SCC(=O)Nc4ccc(F)cc4F)nc32)cc1. The molecule has 4 aromatic rings. The van der Waals surface area contributed by atoms with Gasteiger partial charge in [-0.05, 0) is 43.4 Å². The van der Waals surface area contributed by atoms with Crippen LogP contribution in [-0.2, 0) is 11.8 Å². The van der Waals surface area contributed by atoms with Crippen molar-refractivity contribution in [2.24, 2.45) is 7.05 Å². The van der Waals surface area contributed by atoms with Crippen molar-refractivity contribution >= 4 is 57.3 Å². The fourth-order valence-corrected chi connectivity index (χ4v) is 5.08. The highest BCUT2D eigenvalue weighted by Crippen LogP contribution is 2.26. The third-order valence-corrected chi connectivity index (χ3v) is 6.98. The van der Waals surface area contributed by atoms with Crippen LogP contribution in [0.2, 0.25) is 0 Å². The fourth-order valence-electron chi connectivity index (χ4n) is 2.97. The number of aryl methyl sites for hydroxylation is 1. The van der Waals surface area contributed by atoms with Gasteiger partial charge in [-0.2, -0.15) is 0 Å². The smallest absolute Gasteiger partial charge is 0.273 e. The number of halogens is 2. The molecule has 1 amide bonds. The van der Waals surface area contributed by atoms with E-state index in [4.69, 9.17) is 12.2 Å². The summed E-state index contributed by atoms with van der Waals surface area (Å²) in [6.07, 6.45) is 0. The summed E-state index contributed by atoms with van der Waals surface area (Å²) >= 11 is 7.68. The lowest BCUT2D eigenvalue weighted by Crippen LogP contribution is -2.21. The Balaban J connectivity index is 1.64. The lowest BCUT2D eigenvalue weighted by molar-refractivity contribution is -0.113. The third kappa shape index (κ3) is 4.36. The number of hydrogen-bond donors (Lipinski definition) is 1. The van der Waals surface area contributed by atoms with Crippen molar-refractivity contribution in [2.75, 3.05) is 11.1 Å². The molecule has 0 spiro atoms. The normalized spacial score (nSPS) is 11.1. The number of nitrogens with one attached hydrogen (secondary N) is 1. The van der Waals surface area contributed by atoms with Gasteiger partial charge in [0, 0.05) is 18.8 Å². The van der Waals surface area contributed by atoms with Crippen LogP contribution in [0.25, 0.3) is 16.0 Å². The fraction of sp³-hybridized carbons (Fsp3) is 0.143. The van der Waals surface area contributed by atoms with Gasteiger partial charge in [0.1, 0.15) is 16.3 Å². The summed E-state index contributed by atoms with van der Waals surface area (Å²) in [5.41, 5.74) is 1.89. The molecule has 0 aliphatic carbocycles. The predicted octanol–water partition coefficient (Wildman–Crippen LogP) is 4.83. The molecular formula is C21H16F2N4O2S3. The van der Waals surface area contributed by atoms with Crippen LogP contribution in [0.1, 0.15) is 5.56 Å². The monoisotopic (exact) mass is 490 g/mol. The second kappa shape index (κ2) is 8.93. The Hall–Kier alpha value is -2.89. The Bertz CT molecular complexity index is 1460. The van der Waals surface area contributed by atoms with E-state index in [9.17, 15) is 18.4 Å². The van der Waals surface area contributed by atoms with Crippen LogP contribution < -0.4 is 10.9 Å². The topological polar surface area (TPSA) is 68.9 Å². The summed E-state index contributed by atoms with van der Waals surface area (Å²) in [5, 5.41) is 2.70. The van der Waals surface area contributed by atoms with Crippen molar-refractivity contribution in [1.29, 1.82) is 0 Å². The molecular weight excluding hydrogens is 474 g/mol. The number of nitrogens with zero attached hydrogens (tertiary/aromatic N) is 3. The highest BCUT2D eigenvalue weighted by molar-refractivity contribution is 7.99. The summed E-state index contributed by atoms with van der Waals surface area (Å²) < 4.78 is 30.8. The number of carbonyl (C=O) groups excluding carboxylic acids is 1. The van der Waals surface area contributed by atoms with E-state index >= 15 is 0 Å². The number of thiazole rings is 1. The van der Waals surface area contributed by atoms with Crippen LogP contribution in [0.3, 0.4) is 0 Å². The largest absolute Gasteiger partial charge is 0.323 e. The average molecular weight is 491 g/mol. The second-order valence-corrected chi connectivity index (χ2v) is 9.50. The van der Waals surface area contributed by atoms with Crippen LogP contribution in [0.5, 0.6) is 0 Å². The summed E-state index contributed by atoms with van der Waals surface area (Å²) in [5.74, 6) is -2.25. The minimum atomic E-state index is -0.870. The van der Waals surface area contributed by atoms with Gasteiger partial charge in [0.25, 0.3) is 5.56 Å². The lowest BCUT2D eigenvalue weighted by Gasteiger charge is -2.10. The van der Waals surface area contributed by atoms with E-state index in [1.807, 2.05) is 31.2 Å². The second-order valence-electron chi connectivity index (χ2n) is 6.91. The number of aromatic nitrogens is 3. The molecule has 0 aliphatic heterocycles. The molecule has 0 atom stereocenters.